The summed E-state index contributed by atoms with van der Waals surface area (Å²) in [5, 5.41) is 6.25. The van der Waals surface area contributed by atoms with Gasteiger partial charge in [0.15, 0.2) is 0 Å². The molecule has 1 saturated carbocycles. The van der Waals surface area contributed by atoms with Crippen LogP contribution in [0.15, 0.2) is 24.3 Å². The molecule has 6 heteroatoms. The van der Waals surface area contributed by atoms with Gasteiger partial charge in [0.25, 0.3) is 0 Å². The third-order valence-electron chi connectivity index (χ3n) is 5.86. The van der Waals surface area contributed by atoms with Gasteiger partial charge in [0, 0.05) is 26.1 Å². The fourth-order valence-corrected chi connectivity index (χ4v) is 4.41. The molecular formula is C21H30FN3O2. The van der Waals surface area contributed by atoms with Crippen molar-refractivity contribution in [2.24, 2.45) is 0 Å². The molecule has 2 aliphatic rings. The Kier molecular flexibility index (Phi) is 6.47. The Bertz CT molecular complexity index is 648. The van der Waals surface area contributed by atoms with Crippen molar-refractivity contribution in [1.82, 2.24) is 15.5 Å². The summed E-state index contributed by atoms with van der Waals surface area (Å²) in [6, 6.07) is 6.69. The zero-order valence-corrected chi connectivity index (χ0v) is 16.1. The third-order valence-corrected chi connectivity index (χ3v) is 5.86. The van der Waals surface area contributed by atoms with Gasteiger partial charge < -0.3 is 10.6 Å². The topological polar surface area (TPSA) is 61.4 Å². The molecule has 27 heavy (non-hydrogen) atoms. The summed E-state index contributed by atoms with van der Waals surface area (Å²) in [5.41, 5.74) is 0.431. The van der Waals surface area contributed by atoms with E-state index >= 15 is 0 Å². The second-order valence-electron chi connectivity index (χ2n) is 7.95. The average molecular weight is 375 g/mol. The predicted octanol–water partition coefficient (Wildman–Crippen LogP) is 2.70. The van der Waals surface area contributed by atoms with Crippen LogP contribution in [0, 0.1) is 5.82 Å². The molecule has 3 rings (SSSR count). The van der Waals surface area contributed by atoms with Gasteiger partial charge in [-0.25, -0.2) is 4.39 Å². The smallest absolute Gasteiger partial charge is 0.234 e. The lowest BCUT2D eigenvalue weighted by atomic mass is 9.80. The lowest BCUT2D eigenvalue weighted by Crippen LogP contribution is -2.54. The van der Waals surface area contributed by atoms with Crippen molar-refractivity contribution in [2.45, 2.75) is 63.5 Å². The van der Waals surface area contributed by atoms with Gasteiger partial charge in [0.2, 0.25) is 11.8 Å². The first kappa shape index (κ1) is 19.8. The number of piperidine rings is 1. The Labute approximate surface area is 160 Å². The van der Waals surface area contributed by atoms with E-state index in [1.54, 1.807) is 12.1 Å². The number of likely N-dealkylation sites (tertiary alicyclic amines) is 1. The predicted molar refractivity (Wildman–Crippen MR) is 103 cm³/mol. The zero-order chi connectivity index (χ0) is 19.3. The summed E-state index contributed by atoms with van der Waals surface area (Å²) in [7, 11) is 0. The fourth-order valence-electron chi connectivity index (χ4n) is 4.41. The maximum atomic E-state index is 13.3. The first-order chi connectivity index (χ1) is 13.0. The normalized spacial score (nSPS) is 20.8. The summed E-state index contributed by atoms with van der Waals surface area (Å²) in [6.07, 6.45) is 7.25. The molecule has 0 spiro atoms. The monoisotopic (exact) mass is 375 g/mol. The molecule has 0 atom stereocenters. The molecule has 0 bridgehead atoms. The minimum Gasteiger partial charge on any atom is -0.352 e. The van der Waals surface area contributed by atoms with Crippen molar-refractivity contribution in [3.8, 4) is 0 Å². The molecule has 1 aromatic rings. The van der Waals surface area contributed by atoms with Gasteiger partial charge in [0.1, 0.15) is 5.82 Å². The number of hydrogen-bond donors (Lipinski definition) is 2. The Hall–Kier alpha value is -1.95. The van der Waals surface area contributed by atoms with Gasteiger partial charge in [-0.1, -0.05) is 31.4 Å². The lowest BCUT2D eigenvalue weighted by molar-refractivity contribution is -0.125. The first-order valence-electron chi connectivity index (χ1n) is 10.0. The SMILES string of the molecule is CC(=O)NC1(c2ccc(F)cc2)CCN(CC(=O)NC2CCCCC2)CC1. The van der Waals surface area contributed by atoms with Gasteiger partial charge in [-0.05, 0) is 43.4 Å². The van der Waals surface area contributed by atoms with E-state index in [0.717, 1.165) is 31.5 Å². The molecule has 1 aliphatic heterocycles. The van der Waals surface area contributed by atoms with Gasteiger partial charge in [0.05, 0.1) is 12.1 Å². The lowest BCUT2D eigenvalue weighted by Gasteiger charge is -2.42. The molecule has 2 amide bonds. The van der Waals surface area contributed by atoms with Crippen molar-refractivity contribution >= 4 is 11.8 Å². The summed E-state index contributed by atoms with van der Waals surface area (Å²) < 4.78 is 13.3. The van der Waals surface area contributed by atoms with Crippen LogP contribution in [-0.4, -0.2) is 42.4 Å². The summed E-state index contributed by atoms with van der Waals surface area (Å²) >= 11 is 0. The van der Waals surface area contributed by atoms with Crippen LogP contribution in [0.5, 0.6) is 0 Å². The van der Waals surface area contributed by atoms with E-state index in [1.165, 1.54) is 38.3 Å². The number of halogens is 1. The summed E-state index contributed by atoms with van der Waals surface area (Å²) in [6.45, 7) is 3.34. The number of carbonyl (C=O) groups is 2. The second-order valence-corrected chi connectivity index (χ2v) is 7.95. The molecule has 2 fully saturated rings. The number of nitrogens with zero attached hydrogens (tertiary/aromatic N) is 1. The molecule has 2 N–H and O–H groups in total. The highest BCUT2D eigenvalue weighted by atomic mass is 19.1. The summed E-state index contributed by atoms with van der Waals surface area (Å²) in [5.74, 6) is -0.285. The number of amides is 2. The Balaban J connectivity index is 1.58. The average Bonchev–Trinajstić information content (AvgIpc) is 2.64. The molecule has 1 heterocycles. The molecule has 1 aliphatic carbocycles. The number of rotatable bonds is 5. The standard InChI is InChI=1S/C21H30FN3O2/c1-16(26)24-21(17-7-9-18(22)10-8-17)11-13-25(14-12-21)15-20(27)23-19-5-3-2-4-6-19/h7-10,19H,2-6,11-15H2,1H3,(H,23,27)(H,24,26). The number of benzene rings is 1. The highest BCUT2D eigenvalue weighted by Gasteiger charge is 2.37. The van der Waals surface area contributed by atoms with Crippen LogP contribution in [0.2, 0.25) is 0 Å². The largest absolute Gasteiger partial charge is 0.352 e. The highest BCUT2D eigenvalue weighted by Crippen LogP contribution is 2.33. The van der Waals surface area contributed by atoms with Crippen LogP contribution in [0.1, 0.15) is 57.4 Å². The van der Waals surface area contributed by atoms with Crippen molar-refractivity contribution in [3.05, 3.63) is 35.6 Å². The van der Waals surface area contributed by atoms with Gasteiger partial charge in [-0.15, -0.1) is 0 Å². The van der Waals surface area contributed by atoms with Crippen LogP contribution in [-0.2, 0) is 15.1 Å². The van der Waals surface area contributed by atoms with Crippen LogP contribution < -0.4 is 10.6 Å². The second kappa shape index (κ2) is 8.83. The fraction of sp³-hybridized carbons (Fsp3) is 0.619. The minimum absolute atomic E-state index is 0.0932. The maximum absolute atomic E-state index is 13.3. The van der Waals surface area contributed by atoms with Gasteiger partial charge >= 0.3 is 0 Å². The zero-order valence-electron chi connectivity index (χ0n) is 16.1. The van der Waals surface area contributed by atoms with Crippen molar-refractivity contribution in [3.63, 3.8) is 0 Å². The quantitative estimate of drug-likeness (QED) is 0.832. The van der Waals surface area contributed by atoms with E-state index in [2.05, 4.69) is 15.5 Å². The van der Waals surface area contributed by atoms with E-state index < -0.39 is 5.54 Å². The Morgan fingerprint density at radius 3 is 2.33 bits per heavy atom. The number of nitrogens with one attached hydrogen (secondary N) is 2. The highest BCUT2D eigenvalue weighted by molar-refractivity contribution is 5.78. The van der Waals surface area contributed by atoms with Crippen LogP contribution in [0.3, 0.4) is 0 Å². The maximum Gasteiger partial charge on any atom is 0.234 e. The molecule has 0 aromatic heterocycles. The van der Waals surface area contributed by atoms with E-state index in [-0.39, 0.29) is 17.6 Å². The van der Waals surface area contributed by atoms with Crippen molar-refractivity contribution < 1.29 is 14.0 Å². The van der Waals surface area contributed by atoms with E-state index in [4.69, 9.17) is 0 Å². The Morgan fingerprint density at radius 1 is 1.11 bits per heavy atom. The molecule has 1 aromatic carbocycles. The first-order valence-corrected chi connectivity index (χ1v) is 10.0. The van der Waals surface area contributed by atoms with E-state index in [1.807, 2.05) is 0 Å². The van der Waals surface area contributed by atoms with Gasteiger partial charge in [-0.2, -0.15) is 0 Å². The molecule has 1 saturated heterocycles. The van der Waals surface area contributed by atoms with E-state index in [9.17, 15) is 14.0 Å². The third kappa shape index (κ3) is 5.28. The van der Waals surface area contributed by atoms with Gasteiger partial charge in [-0.3, -0.25) is 14.5 Å². The van der Waals surface area contributed by atoms with Crippen LogP contribution in [0.25, 0.3) is 0 Å². The van der Waals surface area contributed by atoms with Crippen molar-refractivity contribution in [2.75, 3.05) is 19.6 Å². The Morgan fingerprint density at radius 2 is 1.74 bits per heavy atom. The number of carbonyl (C=O) groups excluding carboxylic acids is 2. The van der Waals surface area contributed by atoms with Crippen molar-refractivity contribution in [1.29, 1.82) is 0 Å². The minimum atomic E-state index is -0.490. The van der Waals surface area contributed by atoms with Crippen LogP contribution in [0.4, 0.5) is 4.39 Å². The molecule has 0 radical (unpaired) electrons. The van der Waals surface area contributed by atoms with E-state index in [0.29, 0.717) is 25.4 Å². The summed E-state index contributed by atoms with van der Waals surface area (Å²) in [4.78, 5) is 26.3. The molecular weight excluding hydrogens is 345 g/mol. The molecule has 5 nitrogen and oxygen atoms in total. The molecule has 0 unspecified atom stereocenters. The molecule has 148 valence electrons. The van der Waals surface area contributed by atoms with Crippen LogP contribution >= 0.6 is 0 Å². The number of hydrogen-bond acceptors (Lipinski definition) is 3.